The van der Waals surface area contributed by atoms with E-state index in [0.717, 1.165) is 6.42 Å². The zero-order chi connectivity index (χ0) is 16.4. The van der Waals surface area contributed by atoms with Crippen molar-refractivity contribution in [2.45, 2.75) is 36.2 Å². The first kappa shape index (κ1) is 15.1. The van der Waals surface area contributed by atoms with Crippen molar-refractivity contribution in [2.24, 2.45) is 11.3 Å². The van der Waals surface area contributed by atoms with Crippen LogP contribution >= 0.6 is 11.8 Å². The number of nitrogens with zero attached hydrogens (tertiary/aromatic N) is 4. The standard InChI is InChI=1S/C14H19N5O3S/c1-23-13-17-11(15)7-12(18-13)19(5-16-7)8-6-2-3-14(6,4-20)10(22)9(8)21/h5-6,8-10,20-22H,2-4H2,1H3,(H2,15,17,18)/t6-,8-,9?,10?,14+/m1/s1. The molecule has 23 heavy (non-hydrogen) atoms. The molecule has 2 aliphatic carbocycles. The van der Waals surface area contributed by atoms with Crippen LogP contribution in [0.15, 0.2) is 11.5 Å². The van der Waals surface area contributed by atoms with E-state index in [-0.39, 0.29) is 18.6 Å². The Kier molecular flexibility index (Phi) is 3.31. The average molecular weight is 337 g/mol. The summed E-state index contributed by atoms with van der Waals surface area (Å²) in [6, 6.07) is -0.375. The van der Waals surface area contributed by atoms with E-state index in [1.54, 1.807) is 10.9 Å². The minimum atomic E-state index is -0.971. The summed E-state index contributed by atoms with van der Waals surface area (Å²) in [7, 11) is 0. The fourth-order valence-electron chi connectivity index (χ4n) is 4.20. The van der Waals surface area contributed by atoms with Gasteiger partial charge in [0, 0.05) is 5.41 Å². The normalized spacial score (nSPS) is 36.2. The summed E-state index contributed by atoms with van der Waals surface area (Å²) < 4.78 is 1.78. The highest BCUT2D eigenvalue weighted by molar-refractivity contribution is 7.98. The van der Waals surface area contributed by atoms with Crippen LogP contribution < -0.4 is 5.73 Å². The molecule has 2 aromatic rings. The third kappa shape index (κ3) is 1.81. The van der Waals surface area contributed by atoms with Crippen molar-refractivity contribution in [2.75, 3.05) is 18.6 Å². The molecule has 2 fully saturated rings. The van der Waals surface area contributed by atoms with Crippen molar-refractivity contribution in [1.29, 1.82) is 0 Å². The Labute approximate surface area is 136 Å². The van der Waals surface area contributed by atoms with Crippen LogP contribution in [0.4, 0.5) is 5.82 Å². The van der Waals surface area contributed by atoms with Crippen molar-refractivity contribution in [1.82, 2.24) is 19.5 Å². The van der Waals surface area contributed by atoms with Gasteiger partial charge in [0.15, 0.2) is 16.6 Å². The van der Waals surface area contributed by atoms with E-state index in [4.69, 9.17) is 5.73 Å². The van der Waals surface area contributed by atoms with Crippen LogP contribution in [-0.2, 0) is 0 Å². The Morgan fingerprint density at radius 3 is 2.78 bits per heavy atom. The summed E-state index contributed by atoms with van der Waals surface area (Å²) >= 11 is 1.38. The molecule has 2 unspecified atom stereocenters. The second-order valence-electron chi connectivity index (χ2n) is 6.38. The Bertz CT molecular complexity index is 764. The highest BCUT2D eigenvalue weighted by Crippen LogP contribution is 2.61. The molecule has 0 saturated heterocycles. The molecule has 0 aromatic carbocycles. The van der Waals surface area contributed by atoms with Crippen LogP contribution in [0.1, 0.15) is 18.9 Å². The number of aliphatic hydroxyl groups excluding tert-OH is 3. The molecule has 0 bridgehead atoms. The molecule has 4 rings (SSSR count). The predicted octanol–water partition coefficient (Wildman–Crippen LogP) is -0.204. The molecule has 5 atom stereocenters. The molecule has 0 radical (unpaired) electrons. The maximum Gasteiger partial charge on any atom is 0.191 e. The van der Waals surface area contributed by atoms with Gasteiger partial charge in [-0.15, -0.1) is 0 Å². The van der Waals surface area contributed by atoms with Crippen LogP contribution in [0, 0.1) is 11.3 Å². The summed E-state index contributed by atoms with van der Waals surface area (Å²) in [6.45, 7) is -0.133. The molecule has 8 nitrogen and oxygen atoms in total. The maximum atomic E-state index is 10.6. The molecule has 5 N–H and O–H groups in total. The van der Waals surface area contributed by atoms with Crippen LogP contribution in [-0.4, -0.2) is 59.9 Å². The van der Waals surface area contributed by atoms with Gasteiger partial charge in [-0.05, 0) is 25.0 Å². The van der Waals surface area contributed by atoms with Crippen molar-refractivity contribution < 1.29 is 15.3 Å². The zero-order valence-electron chi connectivity index (χ0n) is 12.6. The van der Waals surface area contributed by atoms with Crippen LogP contribution in [0.3, 0.4) is 0 Å². The Morgan fingerprint density at radius 1 is 1.43 bits per heavy atom. The molecule has 2 saturated carbocycles. The number of anilines is 1. The molecule has 2 aliphatic rings. The number of hydrogen-bond acceptors (Lipinski definition) is 8. The molecule has 9 heteroatoms. The summed E-state index contributed by atoms with van der Waals surface area (Å²) in [4.78, 5) is 12.9. The van der Waals surface area contributed by atoms with Crippen molar-refractivity contribution in [3.8, 4) is 0 Å². The van der Waals surface area contributed by atoms with Gasteiger partial charge in [-0.25, -0.2) is 15.0 Å². The predicted molar refractivity (Wildman–Crippen MR) is 84.8 cm³/mol. The second-order valence-corrected chi connectivity index (χ2v) is 7.16. The van der Waals surface area contributed by atoms with Crippen LogP contribution in [0.2, 0.25) is 0 Å². The van der Waals surface area contributed by atoms with Crippen molar-refractivity contribution in [3.63, 3.8) is 0 Å². The molecular weight excluding hydrogens is 318 g/mol. The smallest absolute Gasteiger partial charge is 0.191 e. The van der Waals surface area contributed by atoms with E-state index >= 15 is 0 Å². The van der Waals surface area contributed by atoms with Crippen molar-refractivity contribution in [3.05, 3.63) is 6.33 Å². The van der Waals surface area contributed by atoms with Crippen LogP contribution in [0.5, 0.6) is 0 Å². The maximum absolute atomic E-state index is 10.6. The van der Waals surface area contributed by atoms with Gasteiger partial charge in [0.25, 0.3) is 0 Å². The average Bonchev–Trinajstić information content (AvgIpc) is 3.00. The molecule has 0 amide bonds. The molecule has 2 heterocycles. The number of nitrogen functional groups attached to an aromatic ring is 1. The first-order chi connectivity index (χ1) is 11.0. The Morgan fingerprint density at radius 2 is 2.22 bits per heavy atom. The number of thioether (sulfide) groups is 1. The lowest BCUT2D eigenvalue weighted by Crippen LogP contribution is -2.48. The highest BCUT2D eigenvalue weighted by Gasteiger charge is 2.64. The monoisotopic (exact) mass is 337 g/mol. The second kappa shape index (κ2) is 5.04. The number of nitrogens with two attached hydrogens (primary N) is 1. The van der Waals surface area contributed by atoms with E-state index in [0.29, 0.717) is 28.6 Å². The van der Waals surface area contributed by atoms with Gasteiger partial charge >= 0.3 is 0 Å². The molecule has 0 spiro atoms. The third-order valence-corrected chi connectivity index (χ3v) is 6.11. The quantitative estimate of drug-likeness (QED) is 0.447. The van der Waals surface area contributed by atoms with Gasteiger partial charge in [-0.3, -0.25) is 0 Å². The third-order valence-electron chi connectivity index (χ3n) is 5.56. The van der Waals surface area contributed by atoms with E-state index in [2.05, 4.69) is 15.0 Å². The van der Waals surface area contributed by atoms with Gasteiger partial charge in [-0.1, -0.05) is 11.8 Å². The summed E-state index contributed by atoms with van der Waals surface area (Å²) in [5, 5.41) is 31.3. The van der Waals surface area contributed by atoms with Crippen molar-refractivity contribution >= 4 is 28.7 Å². The van der Waals surface area contributed by atoms with E-state index in [1.165, 1.54) is 11.8 Å². The molecule has 0 aliphatic heterocycles. The van der Waals surface area contributed by atoms with Gasteiger partial charge in [-0.2, -0.15) is 0 Å². The Balaban J connectivity index is 1.85. The topological polar surface area (TPSA) is 130 Å². The minimum Gasteiger partial charge on any atom is -0.396 e. The largest absolute Gasteiger partial charge is 0.396 e. The number of fused-ring (bicyclic) bond motifs is 2. The fraction of sp³-hybridized carbons (Fsp3) is 0.643. The fourth-order valence-corrected chi connectivity index (χ4v) is 4.57. The van der Waals surface area contributed by atoms with Gasteiger partial charge in [0.1, 0.15) is 11.6 Å². The number of aromatic nitrogens is 4. The summed E-state index contributed by atoms with van der Waals surface area (Å²) in [5.41, 5.74) is 6.36. The minimum absolute atomic E-state index is 0.0104. The lowest BCUT2D eigenvalue weighted by Gasteiger charge is -2.46. The Hall–Kier alpha value is -1.42. The lowest BCUT2D eigenvalue weighted by atomic mass is 9.60. The first-order valence-corrected chi connectivity index (χ1v) is 8.77. The number of imidazole rings is 1. The van der Waals surface area contributed by atoms with Gasteiger partial charge in [0.05, 0.1) is 25.1 Å². The van der Waals surface area contributed by atoms with E-state index < -0.39 is 17.6 Å². The molecule has 124 valence electrons. The molecular formula is C14H19N5O3S. The van der Waals surface area contributed by atoms with Gasteiger partial charge in [0.2, 0.25) is 0 Å². The summed E-state index contributed by atoms with van der Waals surface area (Å²) in [6.07, 6.45) is 3.08. The molecule has 2 aromatic heterocycles. The zero-order valence-corrected chi connectivity index (χ0v) is 13.4. The van der Waals surface area contributed by atoms with E-state index in [9.17, 15) is 15.3 Å². The highest BCUT2D eigenvalue weighted by atomic mass is 32.2. The number of hydrogen-bond donors (Lipinski definition) is 4. The summed E-state index contributed by atoms with van der Waals surface area (Å²) in [5.74, 6) is 0.289. The number of aliphatic hydroxyl groups is 3. The van der Waals surface area contributed by atoms with Crippen LogP contribution in [0.25, 0.3) is 11.2 Å². The SMILES string of the molecule is CSc1nc(N)c2ncn([C@H]3C(O)C(O)[C@]4(CO)CC[C@H]34)c2n1. The van der Waals surface area contributed by atoms with E-state index in [1.807, 2.05) is 6.26 Å². The number of rotatable bonds is 3. The lowest BCUT2D eigenvalue weighted by molar-refractivity contribution is -0.0989. The van der Waals surface area contributed by atoms with Gasteiger partial charge < -0.3 is 25.6 Å². The first-order valence-electron chi connectivity index (χ1n) is 7.54.